The van der Waals surface area contributed by atoms with Crippen LogP contribution in [-0.4, -0.2) is 24.0 Å². The fourth-order valence-electron chi connectivity index (χ4n) is 3.45. The quantitative estimate of drug-likeness (QED) is 0.933. The molecule has 0 fully saturated rings. The van der Waals surface area contributed by atoms with E-state index in [1.807, 2.05) is 0 Å². The van der Waals surface area contributed by atoms with E-state index < -0.39 is 0 Å². The number of aryl methyl sites for hydroxylation is 1. The first kappa shape index (κ1) is 14.3. The van der Waals surface area contributed by atoms with Crippen molar-refractivity contribution in [2.45, 2.75) is 31.8 Å². The van der Waals surface area contributed by atoms with E-state index in [4.69, 9.17) is 5.73 Å². The number of benzene rings is 2. The van der Waals surface area contributed by atoms with Crippen molar-refractivity contribution >= 4 is 0 Å². The van der Waals surface area contributed by atoms with Crippen LogP contribution in [0.3, 0.4) is 0 Å². The highest BCUT2D eigenvalue weighted by molar-refractivity contribution is 5.37. The minimum absolute atomic E-state index is 0.0615. The van der Waals surface area contributed by atoms with E-state index in [0.717, 1.165) is 19.4 Å². The fraction of sp³-hybridized carbons (Fsp3) is 0.368. The second kappa shape index (κ2) is 5.63. The van der Waals surface area contributed by atoms with Gasteiger partial charge in [-0.3, -0.25) is 4.90 Å². The Morgan fingerprint density at radius 2 is 1.57 bits per heavy atom. The topological polar surface area (TPSA) is 29.3 Å². The van der Waals surface area contributed by atoms with Crippen molar-refractivity contribution in [3.8, 4) is 0 Å². The van der Waals surface area contributed by atoms with E-state index in [2.05, 4.69) is 67.4 Å². The van der Waals surface area contributed by atoms with E-state index in [9.17, 15) is 0 Å². The van der Waals surface area contributed by atoms with Gasteiger partial charge in [0.2, 0.25) is 0 Å². The number of hydrogen-bond acceptors (Lipinski definition) is 2. The Morgan fingerprint density at radius 3 is 2.14 bits per heavy atom. The van der Waals surface area contributed by atoms with Gasteiger partial charge in [0.05, 0.1) is 0 Å². The Balaban J connectivity index is 1.83. The van der Waals surface area contributed by atoms with Gasteiger partial charge in [0.25, 0.3) is 0 Å². The summed E-state index contributed by atoms with van der Waals surface area (Å²) in [6.07, 6.45) is 2.12. The maximum Gasteiger partial charge on any atom is 0.0412 e. The number of rotatable bonds is 4. The summed E-state index contributed by atoms with van der Waals surface area (Å²) in [6, 6.07) is 17.4. The molecule has 0 aromatic heterocycles. The van der Waals surface area contributed by atoms with Crippen LogP contribution in [0.5, 0.6) is 0 Å². The molecule has 2 N–H and O–H groups in total. The van der Waals surface area contributed by atoms with Crippen molar-refractivity contribution < 1.29 is 0 Å². The van der Waals surface area contributed by atoms with Gasteiger partial charge in [-0.05, 0) is 49.1 Å². The normalized spacial score (nSPS) is 16.2. The molecule has 0 spiro atoms. The number of likely N-dealkylation sites (N-methyl/N-ethyl adjacent to an activating group) is 1. The second-order valence-electron chi connectivity index (χ2n) is 6.33. The molecule has 0 saturated carbocycles. The molecule has 110 valence electrons. The Hall–Kier alpha value is -1.64. The van der Waals surface area contributed by atoms with E-state index in [1.54, 1.807) is 0 Å². The van der Waals surface area contributed by atoms with Gasteiger partial charge >= 0.3 is 0 Å². The van der Waals surface area contributed by atoms with E-state index in [1.165, 1.54) is 22.3 Å². The lowest BCUT2D eigenvalue weighted by atomic mass is 9.93. The van der Waals surface area contributed by atoms with Crippen molar-refractivity contribution in [2.75, 3.05) is 13.6 Å². The highest BCUT2D eigenvalue weighted by Gasteiger charge is 2.39. The van der Waals surface area contributed by atoms with Crippen molar-refractivity contribution in [3.05, 3.63) is 70.8 Å². The van der Waals surface area contributed by atoms with Crippen LogP contribution in [0.25, 0.3) is 0 Å². The average Bonchev–Trinajstić information content (AvgIpc) is 2.89. The molecule has 0 saturated heterocycles. The van der Waals surface area contributed by atoms with Crippen LogP contribution < -0.4 is 5.73 Å². The number of hydrogen-bond donors (Lipinski definition) is 1. The molecule has 2 nitrogen and oxygen atoms in total. The number of nitrogens with zero attached hydrogens (tertiary/aromatic N) is 1. The van der Waals surface area contributed by atoms with Gasteiger partial charge in [0.1, 0.15) is 0 Å². The molecule has 0 unspecified atom stereocenters. The lowest BCUT2D eigenvalue weighted by Crippen LogP contribution is -2.52. The highest BCUT2D eigenvalue weighted by atomic mass is 15.2. The second-order valence-corrected chi connectivity index (χ2v) is 6.33. The van der Waals surface area contributed by atoms with E-state index >= 15 is 0 Å². The van der Waals surface area contributed by atoms with Crippen LogP contribution in [-0.2, 0) is 19.4 Å². The summed E-state index contributed by atoms with van der Waals surface area (Å²) < 4.78 is 0. The highest BCUT2D eigenvalue weighted by Crippen LogP contribution is 2.34. The van der Waals surface area contributed by atoms with Crippen LogP contribution in [0.4, 0.5) is 0 Å². The van der Waals surface area contributed by atoms with Crippen LogP contribution >= 0.6 is 0 Å². The molecule has 0 amide bonds. The first-order chi connectivity index (χ1) is 10.1. The molecule has 0 radical (unpaired) electrons. The molecular formula is C19H24N2. The van der Waals surface area contributed by atoms with Crippen molar-refractivity contribution in [3.63, 3.8) is 0 Å². The molecule has 2 aromatic rings. The zero-order valence-corrected chi connectivity index (χ0v) is 13.0. The first-order valence-electron chi connectivity index (χ1n) is 7.67. The monoisotopic (exact) mass is 280 g/mol. The van der Waals surface area contributed by atoms with E-state index in [-0.39, 0.29) is 5.54 Å². The maximum absolute atomic E-state index is 6.20. The van der Waals surface area contributed by atoms with Crippen LogP contribution in [0.1, 0.15) is 22.3 Å². The van der Waals surface area contributed by atoms with Gasteiger partial charge in [0, 0.05) is 18.6 Å². The van der Waals surface area contributed by atoms with Gasteiger partial charge in [-0.2, -0.15) is 0 Å². The maximum atomic E-state index is 6.20. The largest absolute Gasteiger partial charge is 0.329 e. The Labute approximate surface area is 127 Å². The Bertz CT molecular complexity index is 608. The molecule has 0 atom stereocenters. The SMILES string of the molecule is Cc1ccccc1CN(C)C1(CN)Cc2ccccc2C1. The molecule has 2 heteroatoms. The summed E-state index contributed by atoms with van der Waals surface area (Å²) in [5.74, 6) is 0. The third-order valence-electron chi connectivity index (χ3n) is 5.02. The molecule has 0 bridgehead atoms. The summed E-state index contributed by atoms with van der Waals surface area (Å²) in [5.41, 5.74) is 11.9. The van der Waals surface area contributed by atoms with Crippen LogP contribution in [0.15, 0.2) is 48.5 Å². The van der Waals surface area contributed by atoms with Gasteiger partial charge in [-0.25, -0.2) is 0 Å². The van der Waals surface area contributed by atoms with E-state index in [0.29, 0.717) is 6.54 Å². The lowest BCUT2D eigenvalue weighted by molar-refractivity contribution is 0.127. The summed E-state index contributed by atoms with van der Waals surface area (Å²) in [4.78, 5) is 2.45. The lowest BCUT2D eigenvalue weighted by Gasteiger charge is -2.38. The smallest absolute Gasteiger partial charge is 0.0412 e. The number of fused-ring (bicyclic) bond motifs is 1. The standard InChI is InChI=1S/C19H24N2/c1-15-7-3-4-10-18(15)13-21(2)19(14-20)11-16-8-5-6-9-17(16)12-19/h3-10H,11-14,20H2,1-2H3. The first-order valence-corrected chi connectivity index (χ1v) is 7.67. The Morgan fingerprint density at radius 1 is 1.00 bits per heavy atom. The fourth-order valence-corrected chi connectivity index (χ4v) is 3.45. The molecule has 21 heavy (non-hydrogen) atoms. The summed E-state index contributed by atoms with van der Waals surface area (Å²) >= 11 is 0. The average molecular weight is 280 g/mol. The molecule has 3 rings (SSSR count). The molecule has 1 aliphatic carbocycles. The molecule has 1 aliphatic rings. The third-order valence-corrected chi connectivity index (χ3v) is 5.02. The minimum Gasteiger partial charge on any atom is -0.329 e. The van der Waals surface area contributed by atoms with Crippen molar-refractivity contribution in [1.29, 1.82) is 0 Å². The molecule has 0 aliphatic heterocycles. The van der Waals surface area contributed by atoms with Crippen LogP contribution in [0, 0.1) is 6.92 Å². The minimum atomic E-state index is 0.0615. The molecule has 0 heterocycles. The molecular weight excluding hydrogens is 256 g/mol. The third kappa shape index (κ3) is 2.61. The summed E-state index contributed by atoms with van der Waals surface area (Å²) in [5, 5.41) is 0. The van der Waals surface area contributed by atoms with Crippen LogP contribution in [0.2, 0.25) is 0 Å². The zero-order chi connectivity index (χ0) is 14.9. The predicted octanol–water partition coefficient (Wildman–Crippen LogP) is 2.92. The van der Waals surface area contributed by atoms with Crippen molar-refractivity contribution in [2.24, 2.45) is 5.73 Å². The Kier molecular flexibility index (Phi) is 3.83. The predicted molar refractivity (Wildman–Crippen MR) is 88.3 cm³/mol. The summed E-state index contributed by atoms with van der Waals surface area (Å²) in [7, 11) is 2.21. The van der Waals surface area contributed by atoms with Gasteiger partial charge in [-0.1, -0.05) is 48.5 Å². The summed E-state index contributed by atoms with van der Waals surface area (Å²) in [6.45, 7) is 3.84. The van der Waals surface area contributed by atoms with Gasteiger partial charge < -0.3 is 5.73 Å². The molecule has 2 aromatic carbocycles. The number of nitrogens with two attached hydrogens (primary N) is 1. The van der Waals surface area contributed by atoms with Crippen molar-refractivity contribution in [1.82, 2.24) is 4.90 Å². The van der Waals surface area contributed by atoms with Gasteiger partial charge in [-0.15, -0.1) is 0 Å². The van der Waals surface area contributed by atoms with Gasteiger partial charge in [0.15, 0.2) is 0 Å². The zero-order valence-electron chi connectivity index (χ0n) is 13.0.